The highest BCUT2D eigenvalue weighted by Gasteiger charge is 2.29. The molecule has 0 aliphatic heterocycles. The SMILES string of the molecule is COc1cc(OC)c(NC(C)c2nc(C3CC3)no2)cc1Cl. The maximum atomic E-state index is 6.17. The van der Waals surface area contributed by atoms with Gasteiger partial charge in [0.2, 0.25) is 5.89 Å². The Hall–Kier alpha value is -1.95. The van der Waals surface area contributed by atoms with Crippen molar-refractivity contribution in [3.8, 4) is 11.5 Å². The molecule has 1 aliphatic carbocycles. The van der Waals surface area contributed by atoms with Crippen LogP contribution in [0.1, 0.15) is 43.4 Å². The van der Waals surface area contributed by atoms with Gasteiger partial charge in [-0.1, -0.05) is 16.8 Å². The van der Waals surface area contributed by atoms with Crippen LogP contribution < -0.4 is 14.8 Å². The molecule has 1 atom stereocenters. The van der Waals surface area contributed by atoms with Gasteiger partial charge < -0.3 is 19.3 Å². The summed E-state index contributed by atoms with van der Waals surface area (Å²) in [5.41, 5.74) is 0.743. The Balaban J connectivity index is 1.79. The summed E-state index contributed by atoms with van der Waals surface area (Å²) in [6, 6.07) is 3.34. The topological polar surface area (TPSA) is 69.4 Å². The van der Waals surface area contributed by atoms with Gasteiger partial charge in [-0.25, -0.2) is 0 Å². The summed E-state index contributed by atoms with van der Waals surface area (Å²) in [6.07, 6.45) is 2.28. The van der Waals surface area contributed by atoms with Crippen molar-refractivity contribution in [3.63, 3.8) is 0 Å². The summed E-state index contributed by atoms with van der Waals surface area (Å²) < 4.78 is 15.9. The van der Waals surface area contributed by atoms with Crippen molar-refractivity contribution in [2.75, 3.05) is 19.5 Å². The Morgan fingerprint density at radius 2 is 2.00 bits per heavy atom. The number of rotatable bonds is 6. The van der Waals surface area contributed by atoms with Crippen molar-refractivity contribution in [2.45, 2.75) is 31.7 Å². The van der Waals surface area contributed by atoms with E-state index in [0.29, 0.717) is 28.3 Å². The lowest BCUT2D eigenvalue weighted by Gasteiger charge is -2.16. The molecule has 1 N–H and O–H groups in total. The molecular weight excluding hydrogens is 306 g/mol. The van der Waals surface area contributed by atoms with Crippen molar-refractivity contribution in [1.29, 1.82) is 0 Å². The Bertz CT molecular complexity index is 670. The quantitative estimate of drug-likeness (QED) is 0.872. The molecule has 0 saturated heterocycles. The molecular formula is C15H18ClN3O3. The number of hydrogen-bond acceptors (Lipinski definition) is 6. The fourth-order valence-corrected chi connectivity index (χ4v) is 2.44. The van der Waals surface area contributed by atoms with Crippen molar-refractivity contribution in [1.82, 2.24) is 10.1 Å². The zero-order valence-corrected chi connectivity index (χ0v) is 13.5. The Morgan fingerprint density at radius 3 is 2.64 bits per heavy atom. The van der Waals surface area contributed by atoms with Crippen LogP contribution in [0.3, 0.4) is 0 Å². The van der Waals surface area contributed by atoms with Gasteiger partial charge in [0.1, 0.15) is 17.5 Å². The van der Waals surface area contributed by atoms with Gasteiger partial charge in [0.05, 0.1) is 24.9 Å². The molecule has 3 rings (SSSR count). The average Bonchev–Trinajstić information content (AvgIpc) is 3.24. The number of nitrogens with one attached hydrogen (secondary N) is 1. The number of nitrogens with zero attached hydrogens (tertiary/aromatic N) is 2. The van der Waals surface area contributed by atoms with Crippen molar-refractivity contribution in [3.05, 3.63) is 28.9 Å². The molecule has 0 amide bonds. The molecule has 6 nitrogen and oxygen atoms in total. The van der Waals surface area contributed by atoms with Gasteiger partial charge in [0, 0.05) is 12.0 Å². The highest BCUT2D eigenvalue weighted by molar-refractivity contribution is 6.32. The minimum atomic E-state index is -0.154. The predicted molar refractivity (Wildman–Crippen MR) is 82.9 cm³/mol. The number of halogens is 1. The number of benzene rings is 1. The van der Waals surface area contributed by atoms with E-state index in [1.807, 2.05) is 6.92 Å². The molecule has 1 fully saturated rings. The Morgan fingerprint density at radius 1 is 1.27 bits per heavy atom. The highest BCUT2D eigenvalue weighted by Crippen LogP contribution is 2.39. The van der Waals surface area contributed by atoms with E-state index >= 15 is 0 Å². The lowest BCUT2D eigenvalue weighted by Crippen LogP contribution is -2.08. The smallest absolute Gasteiger partial charge is 0.248 e. The first-order valence-electron chi connectivity index (χ1n) is 7.14. The van der Waals surface area contributed by atoms with E-state index in [9.17, 15) is 0 Å². The molecule has 1 aliphatic rings. The first-order valence-corrected chi connectivity index (χ1v) is 7.51. The van der Waals surface area contributed by atoms with Crippen molar-refractivity contribution >= 4 is 17.3 Å². The fourth-order valence-electron chi connectivity index (χ4n) is 2.20. The summed E-state index contributed by atoms with van der Waals surface area (Å²) in [4.78, 5) is 4.44. The molecule has 0 bridgehead atoms. The van der Waals surface area contributed by atoms with Crippen molar-refractivity contribution in [2.24, 2.45) is 0 Å². The van der Waals surface area contributed by atoms with Crippen LogP contribution in [0.4, 0.5) is 5.69 Å². The van der Waals surface area contributed by atoms with Crippen LogP contribution in [0, 0.1) is 0 Å². The van der Waals surface area contributed by atoms with E-state index in [1.54, 1.807) is 26.4 Å². The van der Waals surface area contributed by atoms with Gasteiger partial charge in [-0.2, -0.15) is 4.98 Å². The van der Waals surface area contributed by atoms with Gasteiger partial charge >= 0.3 is 0 Å². The van der Waals surface area contributed by atoms with Gasteiger partial charge in [0.25, 0.3) is 0 Å². The van der Waals surface area contributed by atoms with Crippen LogP contribution in [0.2, 0.25) is 5.02 Å². The van der Waals surface area contributed by atoms with E-state index in [1.165, 1.54) is 0 Å². The van der Waals surface area contributed by atoms with Crippen LogP contribution in [-0.2, 0) is 0 Å². The Labute approximate surface area is 133 Å². The summed E-state index contributed by atoms with van der Waals surface area (Å²) in [5.74, 6) is 3.01. The van der Waals surface area contributed by atoms with Crippen LogP contribution in [0.5, 0.6) is 11.5 Å². The number of hydrogen-bond donors (Lipinski definition) is 1. The molecule has 0 radical (unpaired) electrons. The summed E-state index contributed by atoms with van der Waals surface area (Å²) >= 11 is 6.17. The predicted octanol–water partition coefficient (Wildman–Crippen LogP) is 3.79. The third-order valence-corrected chi connectivity index (χ3v) is 3.91. The van der Waals surface area contributed by atoms with Gasteiger partial charge in [-0.15, -0.1) is 0 Å². The largest absolute Gasteiger partial charge is 0.495 e. The van der Waals surface area contributed by atoms with E-state index in [0.717, 1.165) is 24.4 Å². The zero-order chi connectivity index (χ0) is 15.7. The normalized spacial score (nSPS) is 15.5. The molecule has 0 spiro atoms. The van der Waals surface area contributed by atoms with Crippen molar-refractivity contribution < 1.29 is 14.0 Å². The second kappa shape index (κ2) is 6.04. The first kappa shape index (κ1) is 15.0. The minimum absolute atomic E-state index is 0.154. The number of methoxy groups -OCH3 is 2. The summed E-state index contributed by atoms with van der Waals surface area (Å²) in [6.45, 7) is 1.95. The maximum absolute atomic E-state index is 6.17. The molecule has 1 aromatic heterocycles. The second-order valence-corrected chi connectivity index (χ2v) is 5.73. The van der Waals surface area contributed by atoms with Gasteiger partial charge in [0.15, 0.2) is 5.82 Å². The zero-order valence-electron chi connectivity index (χ0n) is 12.7. The number of aromatic nitrogens is 2. The highest BCUT2D eigenvalue weighted by atomic mass is 35.5. The summed E-state index contributed by atoms with van der Waals surface area (Å²) in [7, 11) is 3.16. The monoisotopic (exact) mass is 323 g/mol. The third kappa shape index (κ3) is 2.97. The van der Waals surface area contributed by atoms with Crippen LogP contribution in [0.15, 0.2) is 16.7 Å². The van der Waals surface area contributed by atoms with E-state index in [2.05, 4.69) is 15.5 Å². The molecule has 22 heavy (non-hydrogen) atoms. The lowest BCUT2D eigenvalue weighted by molar-refractivity contribution is 0.362. The molecule has 118 valence electrons. The molecule has 1 unspecified atom stereocenters. The number of ether oxygens (including phenoxy) is 2. The van der Waals surface area contributed by atoms with Crippen LogP contribution in [-0.4, -0.2) is 24.4 Å². The maximum Gasteiger partial charge on any atom is 0.248 e. The summed E-state index contributed by atoms with van der Waals surface area (Å²) in [5, 5.41) is 7.81. The average molecular weight is 324 g/mol. The molecule has 2 aromatic rings. The lowest BCUT2D eigenvalue weighted by atomic mass is 10.2. The molecule has 1 aromatic carbocycles. The molecule has 1 saturated carbocycles. The fraction of sp³-hybridized carbons (Fsp3) is 0.467. The first-order chi connectivity index (χ1) is 10.6. The second-order valence-electron chi connectivity index (χ2n) is 5.32. The van der Waals surface area contributed by atoms with Crippen LogP contribution in [0.25, 0.3) is 0 Å². The van der Waals surface area contributed by atoms with Gasteiger partial charge in [-0.3, -0.25) is 0 Å². The van der Waals surface area contributed by atoms with E-state index < -0.39 is 0 Å². The minimum Gasteiger partial charge on any atom is -0.495 e. The van der Waals surface area contributed by atoms with Crippen LogP contribution >= 0.6 is 11.6 Å². The third-order valence-electron chi connectivity index (χ3n) is 3.62. The molecule has 7 heteroatoms. The standard InChI is InChI=1S/C15H18ClN3O3/c1-8(15-18-14(19-22-15)9-4-5-9)17-11-6-10(16)12(20-2)7-13(11)21-3/h6-9,17H,4-5H2,1-3H3. The molecule has 1 heterocycles. The Kier molecular flexibility index (Phi) is 4.11. The van der Waals surface area contributed by atoms with E-state index in [4.69, 9.17) is 25.6 Å². The van der Waals surface area contributed by atoms with E-state index in [-0.39, 0.29) is 6.04 Å². The van der Waals surface area contributed by atoms with Gasteiger partial charge in [-0.05, 0) is 25.8 Å². The number of anilines is 1.